The number of ether oxygens (including phenoxy) is 2. The van der Waals surface area contributed by atoms with Crippen LogP contribution in [0.3, 0.4) is 0 Å². The van der Waals surface area contributed by atoms with Crippen LogP contribution in [0.5, 0.6) is 5.75 Å². The SMILES string of the molecule is Clc1ccc2c(c1)C(N1CCOCC1)CC1(CCNC1)O2. The van der Waals surface area contributed by atoms with Gasteiger partial charge in [0.05, 0.1) is 13.2 Å². The Morgan fingerprint density at radius 2 is 2.14 bits per heavy atom. The van der Waals surface area contributed by atoms with E-state index in [1.807, 2.05) is 12.1 Å². The predicted octanol–water partition coefficient (Wildman–Crippen LogP) is 2.23. The Hall–Kier alpha value is -0.810. The van der Waals surface area contributed by atoms with E-state index in [1.54, 1.807) is 0 Å². The molecule has 3 aliphatic rings. The van der Waals surface area contributed by atoms with Crippen LogP contribution >= 0.6 is 11.6 Å². The summed E-state index contributed by atoms with van der Waals surface area (Å²) in [7, 11) is 0. The van der Waals surface area contributed by atoms with Crippen molar-refractivity contribution in [2.75, 3.05) is 39.4 Å². The minimum atomic E-state index is -0.0518. The Morgan fingerprint density at radius 3 is 2.90 bits per heavy atom. The summed E-state index contributed by atoms with van der Waals surface area (Å²) >= 11 is 6.22. The maximum absolute atomic E-state index is 6.38. The molecule has 1 aromatic carbocycles. The second-order valence-electron chi connectivity index (χ2n) is 6.26. The van der Waals surface area contributed by atoms with Crippen molar-refractivity contribution >= 4 is 11.6 Å². The summed E-state index contributed by atoms with van der Waals surface area (Å²) < 4.78 is 11.9. The Kier molecular flexibility index (Phi) is 3.58. The van der Waals surface area contributed by atoms with Gasteiger partial charge in [0, 0.05) is 49.1 Å². The molecule has 5 heteroatoms. The van der Waals surface area contributed by atoms with E-state index in [2.05, 4.69) is 16.3 Å². The van der Waals surface area contributed by atoms with Crippen LogP contribution in [-0.4, -0.2) is 49.9 Å². The van der Waals surface area contributed by atoms with Gasteiger partial charge in [-0.25, -0.2) is 0 Å². The monoisotopic (exact) mass is 308 g/mol. The van der Waals surface area contributed by atoms with Crippen molar-refractivity contribution < 1.29 is 9.47 Å². The van der Waals surface area contributed by atoms with Crippen molar-refractivity contribution in [2.24, 2.45) is 0 Å². The Morgan fingerprint density at radius 1 is 1.29 bits per heavy atom. The van der Waals surface area contributed by atoms with Crippen LogP contribution < -0.4 is 10.1 Å². The number of hydrogen-bond acceptors (Lipinski definition) is 4. The molecule has 2 saturated heterocycles. The highest BCUT2D eigenvalue weighted by Crippen LogP contribution is 2.45. The Bertz CT molecular complexity index is 525. The first-order valence-electron chi connectivity index (χ1n) is 7.77. The van der Waals surface area contributed by atoms with Gasteiger partial charge in [-0.1, -0.05) is 11.6 Å². The molecule has 0 bridgehead atoms. The summed E-state index contributed by atoms with van der Waals surface area (Å²) in [6.07, 6.45) is 2.11. The van der Waals surface area contributed by atoms with Crippen LogP contribution in [0.1, 0.15) is 24.4 Å². The first-order chi connectivity index (χ1) is 10.3. The first kappa shape index (κ1) is 13.8. The zero-order valence-corrected chi connectivity index (χ0v) is 12.9. The normalized spacial score (nSPS) is 32.9. The maximum Gasteiger partial charge on any atom is 0.125 e. The van der Waals surface area contributed by atoms with E-state index in [0.29, 0.717) is 6.04 Å². The van der Waals surface area contributed by atoms with Crippen molar-refractivity contribution in [3.63, 3.8) is 0 Å². The highest BCUT2D eigenvalue weighted by molar-refractivity contribution is 6.30. The van der Waals surface area contributed by atoms with E-state index < -0.39 is 0 Å². The summed E-state index contributed by atoms with van der Waals surface area (Å²) in [6.45, 7) is 5.59. The van der Waals surface area contributed by atoms with Crippen LogP contribution in [0.15, 0.2) is 18.2 Å². The maximum atomic E-state index is 6.38. The second-order valence-corrected chi connectivity index (χ2v) is 6.70. The van der Waals surface area contributed by atoms with Crippen LogP contribution in [0, 0.1) is 0 Å². The van der Waals surface area contributed by atoms with Gasteiger partial charge in [0.2, 0.25) is 0 Å². The van der Waals surface area contributed by atoms with Gasteiger partial charge in [-0.2, -0.15) is 0 Å². The standard InChI is InChI=1S/C16H21ClN2O2/c17-12-1-2-15-13(9-12)14(19-5-7-20-8-6-19)10-16(21-15)3-4-18-11-16/h1-2,9,14,18H,3-8,10-11H2. The molecule has 2 fully saturated rings. The molecular weight excluding hydrogens is 288 g/mol. The van der Waals surface area contributed by atoms with Gasteiger partial charge >= 0.3 is 0 Å². The molecule has 2 atom stereocenters. The number of rotatable bonds is 1. The first-order valence-corrected chi connectivity index (χ1v) is 8.15. The molecule has 0 aliphatic carbocycles. The highest BCUT2D eigenvalue weighted by Gasteiger charge is 2.45. The van der Waals surface area contributed by atoms with Gasteiger partial charge in [-0.3, -0.25) is 4.90 Å². The van der Waals surface area contributed by atoms with Crippen molar-refractivity contribution in [2.45, 2.75) is 24.5 Å². The van der Waals surface area contributed by atoms with Crippen LogP contribution in [0.25, 0.3) is 0 Å². The van der Waals surface area contributed by atoms with E-state index in [0.717, 1.165) is 63.0 Å². The van der Waals surface area contributed by atoms with Crippen LogP contribution in [0.2, 0.25) is 5.02 Å². The third kappa shape index (κ3) is 2.55. The van der Waals surface area contributed by atoms with Gasteiger partial charge in [-0.15, -0.1) is 0 Å². The molecule has 1 spiro atoms. The molecule has 4 nitrogen and oxygen atoms in total. The third-order valence-electron chi connectivity index (χ3n) is 4.91. The Labute approximate surface area is 130 Å². The minimum absolute atomic E-state index is 0.0518. The zero-order chi connectivity index (χ0) is 14.3. The van der Waals surface area contributed by atoms with Crippen molar-refractivity contribution in [3.8, 4) is 5.75 Å². The fourth-order valence-corrected chi connectivity index (χ4v) is 3.99. The molecule has 1 N–H and O–H groups in total. The molecule has 2 unspecified atom stereocenters. The average molecular weight is 309 g/mol. The minimum Gasteiger partial charge on any atom is -0.485 e. The smallest absolute Gasteiger partial charge is 0.125 e. The summed E-state index contributed by atoms with van der Waals surface area (Å²) in [4.78, 5) is 2.53. The second kappa shape index (κ2) is 5.43. The lowest BCUT2D eigenvalue weighted by molar-refractivity contribution is -0.0257. The molecule has 1 aromatic rings. The number of fused-ring (bicyclic) bond motifs is 1. The molecule has 0 radical (unpaired) electrons. The van der Waals surface area contributed by atoms with Gasteiger partial charge in [0.15, 0.2) is 0 Å². The number of morpholine rings is 1. The molecule has 3 aliphatic heterocycles. The average Bonchev–Trinajstić information content (AvgIpc) is 2.96. The molecule has 3 heterocycles. The number of halogens is 1. The van der Waals surface area contributed by atoms with Gasteiger partial charge in [0.1, 0.15) is 11.4 Å². The van der Waals surface area contributed by atoms with Crippen molar-refractivity contribution in [1.29, 1.82) is 0 Å². The number of benzene rings is 1. The van der Waals surface area contributed by atoms with E-state index in [-0.39, 0.29) is 5.60 Å². The summed E-state index contributed by atoms with van der Waals surface area (Å²) in [6, 6.07) is 6.42. The quantitative estimate of drug-likeness (QED) is 0.862. The molecule has 114 valence electrons. The lowest BCUT2D eigenvalue weighted by atomic mass is 9.85. The molecular formula is C16H21ClN2O2. The van der Waals surface area contributed by atoms with Gasteiger partial charge in [-0.05, 0) is 24.7 Å². The lowest BCUT2D eigenvalue weighted by Crippen LogP contribution is -2.49. The molecule has 4 rings (SSSR count). The largest absolute Gasteiger partial charge is 0.485 e. The topological polar surface area (TPSA) is 33.7 Å². The zero-order valence-electron chi connectivity index (χ0n) is 12.1. The Balaban J connectivity index is 1.71. The fraction of sp³-hybridized carbons (Fsp3) is 0.625. The summed E-state index contributed by atoms with van der Waals surface area (Å²) in [5, 5.41) is 4.24. The highest BCUT2D eigenvalue weighted by atomic mass is 35.5. The molecule has 0 aromatic heterocycles. The fourth-order valence-electron chi connectivity index (χ4n) is 3.81. The molecule has 0 amide bonds. The summed E-state index contributed by atoms with van der Waals surface area (Å²) in [5.74, 6) is 1.01. The van der Waals surface area contributed by atoms with Crippen molar-refractivity contribution in [1.82, 2.24) is 10.2 Å². The van der Waals surface area contributed by atoms with E-state index >= 15 is 0 Å². The molecule has 21 heavy (non-hydrogen) atoms. The third-order valence-corrected chi connectivity index (χ3v) is 5.15. The van der Waals surface area contributed by atoms with E-state index in [1.165, 1.54) is 5.56 Å². The van der Waals surface area contributed by atoms with Crippen LogP contribution in [-0.2, 0) is 4.74 Å². The van der Waals surface area contributed by atoms with Crippen molar-refractivity contribution in [3.05, 3.63) is 28.8 Å². The number of nitrogens with zero attached hydrogens (tertiary/aromatic N) is 1. The molecule has 0 saturated carbocycles. The van der Waals surface area contributed by atoms with Gasteiger partial charge in [0.25, 0.3) is 0 Å². The van der Waals surface area contributed by atoms with E-state index in [9.17, 15) is 0 Å². The van der Waals surface area contributed by atoms with Gasteiger partial charge < -0.3 is 14.8 Å². The number of hydrogen-bond donors (Lipinski definition) is 1. The van der Waals surface area contributed by atoms with Crippen LogP contribution in [0.4, 0.5) is 0 Å². The summed E-state index contributed by atoms with van der Waals surface area (Å²) in [5.41, 5.74) is 1.19. The lowest BCUT2D eigenvalue weighted by Gasteiger charge is -2.44. The predicted molar refractivity (Wildman–Crippen MR) is 82.0 cm³/mol. The number of nitrogens with one attached hydrogen (secondary N) is 1. The van der Waals surface area contributed by atoms with E-state index in [4.69, 9.17) is 21.1 Å².